The quantitative estimate of drug-likeness (QED) is 0.803. The zero-order chi connectivity index (χ0) is 14.5. The van der Waals surface area contributed by atoms with Gasteiger partial charge >= 0.3 is 5.97 Å². The van der Waals surface area contributed by atoms with E-state index in [4.69, 9.17) is 4.74 Å². The highest BCUT2D eigenvalue weighted by molar-refractivity contribution is 5.73. The van der Waals surface area contributed by atoms with Crippen LogP contribution in [0.2, 0.25) is 0 Å². The van der Waals surface area contributed by atoms with Crippen LogP contribution in [-0.4, -0.2) is 20.2 Å². The Morgan fingerprint density at radius 3 is 2.25 bits per heavy atom. The summed E-state index contributed by atoms with van der Waals surface area (Å²) in [6.45, 7) is 0. The van der Waals surface area contributed by atoms with E-state index in [1.807, 2.05) is 24.3 Å². The molecule has 0 atom stereocenters. The molecule has 0 saturated heterocycles. The lowest BCUT2D eigenvalue weighted by molar-refractivity contribution is -0.139. The van der Waals surface area contributed by atoms with Gasteiger partial charge in [-0.05, 0) is 28.8 Å². The number of carbonyl (C=O) groups excluding carboxylic acids is 1. The number of halogens is 1. The molecule has 0 radical (unpaired) electrons. The van der Waals surface area contributed by atoms with Crippen molar-refractivity contribution in [3.63, 3.8) is 0 Å². The maximum Gasteiger partial charge on any atom is 0.309 e. The van der Waals surface area contributed by atoms with E-state index in [9.17, 15) is 9.18 Å². The van der Waals surface area contributed by atoms with E-state index in [1.165, 1.54) is 20.3 Å². The van der Waals surface area contributed by atoms with Gasteiger partial charge in [-0.2, -0.15) is 0 Å². The van der Waals surface area contributed by atoms with Crippen molar-refractivity contribution in [3.05, 3.63) is 53.8 Å². The summed E-state index contributed by atoms with van der Waals surface area (Å²) in [6, 6.07) is 12.2. The molecule has 2 rings (SSSR count). The minimum atomic E-state index is -0.399. The number of rotatable bonds is 4. The van der Waals surface area contributed by atoms with Crippen LogP contribution in [0.1, 0.15) is 5.56 Å². The summed E-state index contributed by atoms with van der Waals surface area (Å²) in [5, 5.41) is 0. The van der Waals surface area contributed by atoms with Crippen molar-refractivity contribution in [1.29, 1.82) is 0 Å². The third kappa shape index (κ3) is 3.15. The number of methoxy groups -OCH3 is 2. The van der Waals surface area contributed by atoms with Gasteiger partial charge in [0.15, 0.2) is 11.6 Å². The molecule has 20 heavy (non-hydrogen) atoms. The van der Waals surface area contributed by atoms with E-state index >= 15 is 0 Å². The first-order valence-corrected chi connectivity index (χ1v) is 6.13. The molecular formula is C16H15FO3. The Morgan fingerprint density at radius 1 is 1.05 bits per heavy atom. The molecule has 2 aromatic rings. The average molecular weight is 274 g/mol. The van der Waals surface area contributed by atoms with Gasteiger partial charge in [-0.25, -0.2) is 4.39 Å². The summed E-state index contributed by atoms with van der Waals surface area (Å²) in [6.07, 6.45) is 0.230. The van der Waals surface area contributed by atoms with Crippen molar-refractivity contribution in [2.75, 3.05) is 14.2 Å². The van der Waals surface area contributed by atoms with Crippen molar-refractivity contribution < 1.29 is 18.7 Å². The van der Waals surface area contributed by atoms with Crippen LogP contribution in [0.5, 0.6) is 5.75 Å². The fraction of sp³-hybridized carbons (Fsp3) is 0.188. The number of hydrogen-bond donors (Lipinski definition) is 0. The molecule has 0 spiro atoms. The van der Waals surface area contributed by atoms with Gasteiger partial charge in [0.2, 0.25) is 0 Å². The Kier molecular flexibility index (Phi) is 4.35. The highest BCUT2D eigenvalue weighted by Crippen LogP contribution is 2.25. The Balaban J connectivity index is 2.21. The smallest absolute Gasteiger partial charge is 0.309 e. The highest BCUT2D eigenvalue weighted by atomic mass is 19.1. The molecule has 0 aromatic heterocycles. The summed E-state index contributed by atoms with van der Waals surface area (Å²) >= 11 is 0. The molecule has 0 bridgehead atoms. The molecule has 0 aliphatic rings. The SMILES string of the molecule is COC(=O)Cc1ccc(-c2ccc(OC)c(F)c2)cc1. The van der Waals surface area contributed by atoms with Gasteiger partial charge in [-0.15, -0.1) is 0 Å². The predicted octanol–water partition coefficient (Wildman–Crippen LogP) is 3.22. The lowest BCUT2D eigenvalue weighted by atomic mass is 10.0. The minimum Gasteiger partial charge on any atom is -0.494 e. The van der Waals surface area contributed by atoms with Crippen molar-refractivity contribution in [1.82, 2.24) is 0 Å². The standard InChI is InChI=1S/C16H15FO3/c1-19-15-8-7-13(10-14(15)17)12-5-3-11(4-6-12)9-16(18)20-2/h3-8,10H,9H2,1-2H3. The highest BCUT2D eigenvalue weighted by Gasteiger charge is 2.06. The van der Waals surface area contributed by atoms with E-state index in [2.05, 4.69) is 4.74 Å². The van der Waals surface area contributed by atoms with Crippen molar-refractivity contribution in [3.8, 4) is 16.9 Å². The predicted molar refractivity (Wildman–Crippen MR) is 74.1 cm³/mol. The molecule has 0 saturated carbocycles. The third-order valence-corrected chi connectivity index (χ3v) is 3.02. The molecule has 0 aliphatic heterocycles. The first-order valence-electron chi connectivity index (χ1n) is 6.13. The summed E-state index contributed by atoms with van der Waals surface area (Å²) in [5.74, 6) is -0.465. The van der Waals surface area contributed by atoms with Gasteiger partial charge in [-0.1, -0.05) is 30.3 Å². The van der Waals surface area contributed by atoms with Gasteiger partial charge in [-0.3, -0.25) is 4.79 Å². The van der Waals surface area contributed by atoms with Gasteiger partial charge in [0.1, 0.15) is 0 Å². The number of ether oxygens (including phenoxy) is 2. The second kappa shape index (κ2) is 6.19. The second-order valence-corrected chi connectivity index (χ2v) is 4.30. The van der Waals surface area contributed by atoms with Gasteiger partial charge in [0.25, 0.3) is 0 Å². The maximum absolute atomic E-state index is 13.6. The first kappa shape index (κ1) is 14.1. The third-order valence-electron chi connectivity index (χ3n) is 3.02. The molecule has 0 N–H and O–H groups in total. The van der Waals surface area contributed by atoms with E-state index < -0.39 is 5.82 Å². The molecule has 3 nitrogen and oxygen atoms in total. The number of benzene rings is 2. The van der Waals surface area contributed by atoms with Crippen LogP contribution < -0.4 is 4.74 Å². The molecule has 0 aliphatic carbocycles. The van der Waals surface area contributed by atoms with E-state index in [0.717, 1.165) is 16.7 Å². The molecule has 104 valence electrons. The molecule has 4 heteroatoms. The van der Waals surface area contributed by atoms with Crippen molar-refractivity contribution >= 4 is 5.97 Å². The fourth-order valence-electron chi connectivity index (χ4n) is 1.90. The molecule has 0 unspecified atom stereocenters. The minimum absolute atomic E-state index is 0.219. The topological polar surface area (TPSA) is 35.5 Å². The molecule has 2 aromatic carbocycles. The van der Waals surface area contributed by atoms with E-state index in [0.29, 0.717) is 0 Å². The van der Waals surface area contributed by atoms with Gasteiger partial charge < -0.3 is 9.47 Å². The van der Waals surface area contributed by atoms with Crippen LogP contribution in [0, 0.1) is 5.82 Å². The maximum atomic E-state index is 13.6. The first-order chi connectivity index (χ1) is 9.63. The Labute approximate surface area is 117 Å². The van der Waals surface area contributed by atoms with Gasteiger partial charge in [0.05, 0.1) is 20.6 Å². The van der Waals surface area contributed by atoms with Crippen LogP contribution in [0.15, 0.2) is 42.5 Å². The molecular weight excluding hydrogens is 259 g/mol. The number of hydrogen-bond acceptors (Lipinski definition) is 3. The van der Waals surface area contributed by atoms with E-state index in [-0.39, 0.29) is 18.1 Å². The number of carbonyl (C=O) groups is 1. The summed E-state index contributed by atoms with van der Waals surface area (Å²) < 4.78 is 23.1. The Morgan fingerprint density at radius 2 is 1.70 bits per heavy atom. The zero-order valence-electron chi connectivity index (χ0n) is 11.4. The summed E-state index contributed by atoms with van der Waals surface area (Å²) in [4.78, 5) is 11.2. The molecule has 0 fully saturated rings. The normalized spacial score (nSPS) is 10.2. The van der Waals surface area contributed by atoms with Crippen LogP contribution in [0.25, 0.3) is 11.1 Å². The largest absolute Gasteiger partial charge is 0.494 e. The second-order valence-electron chi connectivity index (χ2n) is 4.30. The van der Waals surface area contributed by atoms with E-state index in [1.54, 1.807) is 12.1 Å². The monoisotopic (exact) mass is 274 g/mol. The summed E-state index contributed by atoms with van der Waals surface area (Å²) in [5.41, 5.74) is 2.49. The van der Waals surface area contributed by atoms with Crippen LogP contribution in [0.4, 0.5) is 4.39 Å². The van der Waals surface area contributed by atoms with Crippen molar-refractivity contribution in [2.24, 2.45) is 0 Å². The lowest BCUT2D eigenvalue weighted by Crippen LogP contribution is -2.04. The van der Waals surface area contributed by atoms with Gasteiger partial charge in [0, 0.05) is 0 Å². The van der Waals surface area contributed by atoms with Crippen LogP contribution >= 0.6 is 0 Å². The Hall–Kier alpha value is -2.36. The zero-order valence-corrected chi connectivity index (χ0v) is 11.4. The average Bonchev–Trinajstić information content (AvgIpc) is 2.47. The number of esters is 1. The fourth-order valence-corrected chi connectivity index (χ4v) is 1.90. The summed E-state index contributed by atoms with van der Waals surface area (Å²) in [7, 11) is 2.79. The lowest BCUT2D eigenvalue weighted by Gasteiger charge is -2.06. The van der Waals surface area contributed by atoms with Crippen LogP contribution in [0.3, 0.4) is 0 Å². The molecule has 0 amide bonds. The van der Waals surface area contributed by atoms with Crippen molar-refractivity contribution in [2.45, 2.75) is 6.42 Å². The van der Waals surface area contributed by atoms with Crippen LogP contribution in [-0.2, 0) is 16.0 Å². The molecule has 0 heterocycles. The Bertz CT molecular complexity index is 606.